The third-order valence-corrected chi connectivity index (χ3v) is 7.31. The number of aromatic nitrogens is 2. The minimum Gasteiger partial charge on any atom is -0.467 e. The summed E-state index contributed by atoms with van der Waals surface area (Å²) in [6.07, 6.45) is -1.96. The Hall–Kier alpha value is -3.47. The third kappa shape index (κ3) is 6.80. The van der Waals surface area contributed by atoms with Crippen molar-refractivity contribution >= 4 is 46.1 Å². The quantitative estimate of drug-likeness (QED) is 0.292. The number of methoxy groups -OCH3 is 1. The van der Waals surface area contributed by atoms with E-state index in [0.717, 1.165) is 19.3 Å². The molecule has 0 saturated heterocycles. The summed E-state index contributed by atoms with van der Waals surface area (Å²) in [5, 5.41) is 5.99. The van der Waals surface area contributed by atoms with Crippen LogP contribution < -0.4 is 15.4 Å². The SMILES string of the molecule is COC(=O)C(C)NC(=O)c1cc2nc(Nc3ccc(OC(F)(F)F)cc3)n([C@H]3C[C@@H](C)CC(C)(C)C3)c2cc1Cl. The van der Waals surface area contributed by atoms with Crippen LogP contribution in [0, 0.1) is 11.3 Å². The minimum atomic E-state index is -4.79. The Bertz CT molecular complexity index is 1410. The van der Waals surface area contributed by atoms with Crippen LogP contribution in [0.15, 0.2) is 36.4 Å². The molecule has 1 unspecified atom stereocenters. The zero-order valence-electron chi connectivity index (χ0n) is 22.9. The van der Waals surface area contributed by atoms with Crippen LogP contribution in [-0.2, 0) is 9.53 Å². The van der Waals surface area contributed by atoms with Crippen LogP contribution in [0.4, 0.5) is 24.8 Å². The minimum absolute atomic E-state index is 0.0502. The predicted molar refractivity (Wildman–Crippen MR) is 146 cm³/mol. The molecule has 1 saturated carbocycles. The number of halogens is 4. The highest BCUT2D eigenvalue weighted by molar-refractivity contribution is 6.34. The van der Waals surface area contributed by atoms with Crippen LogP contribution in [0.2, 0.25) is 5.02 Å². The second-order valence-corrected chi connectivity index (χ2v) is 11.5. The molecule has 3 atom stereocenters. The molecule has 3 aromatic rings. The average Bonchev–Trinajstić information content (AvgIpc) is 3.18. The van der Waals surface area contributed by atoms with E-state index in [1.807, 2.05) is 0 Å². The van der Waals surface area contributed by atoms with E-state index in [1.165, 1.54) is 38.3 Å². The molecule has 8 nitrogen and oxygen atoms in total. The Morgan fingerprint density at radius 3 is 2.45 bits per heavy atom. The van der Waals surface area contributed by atoms with Gasteiger partial charge in [0.15, 0.2) is 0 Å². The molecule has 2 aromatic carbocycles. The van der Waals surface area contributed by atoms with Gasteiger partial charge in [-0.25, -0.2) is 9.78 Å². The molecular weight excluding hydrogens is 549 g/mol. The maximum Gasteiger partial charge on any atom is 0.573 e. The van der Waals surface area contributed by atoms with Gasteiger partial charge in [-0.15, -0.1) is 13.2 Å². The van der Waals surface area contributed by atoms with Crippen LogP contribution in [0.5, 0.6) is 5.75 Å². The molecule has 0 spiro atoms. The fourth-order valence-electron chi connectivity index (χ4n) is 5.62. The van der Waals surface area contributed by atoms with E-state index in [0.29, 0.717) is 28.6 Å². The summed E-state index contributed by atoms with van der Waals surface area (Å²) >= 11 is 6.59. The molecule has 0 aliphatic heterocycles. The number of imidazole rings is 1. The second-order valence-electron chi connectivity index (χ2n) is 11.1. The smallest absolute Gasteiger partial charge is 0.467 e. The number of ether oxygens (including phenoxy) is 2. The summed E-state index contributed by atoms with van der Waals surface area (Å²) in [6, 6.07) is 7.79. The number of hydrogen-bond donors (Lipinski definition) is 2. The lowest BCUT2D eigenvalue weighted by Gasteiger charge is -2.40. The Morgan fingerprint density at radius 2 is 1.85 bits per heavy atom. The van der Waals surface area contributed by atoms with E-state index in [4.69, 9.17) is 16.6 Å². The normalized spacial score (nSPS) is 19.6. The van der Waals surface area contributed by atoms with Gasteiger partial charge in [-0.2, -0.15) is 0 Å². The maximum absolute atomic E-state index is 12.9. The Balaban J connectivity index is 1.75. The molecule has 40 heavy (non-hydrogen) atoms. The first-order valence-corrected chi connectivity index (χ1v) is 13.3. The molecule has 1 aliphatic carbocycles. The maximum atomic E-state index is 12.9. The molecule has 1 aromatic heterocycles. The summed E-state index contributed by atoms with van der Waals surface area (Å²) in [5.74, 6) is -0.578. The lowest BCUT2D eigenvalue weighted by atomic mass is 9.70. The first kappa shape index (κ1) is 29.5. The van der Waals surface area contributed by atoms with Gasteiger partial charge in [0.25, 0.3) is 5.91 Å². The van der Waals surface area contributed by atoms with Gasteiger partial charge in [0.1, 0.15) is 11.8 Å². The highest BCUT2D eigenvalue weighted by atomic mass is 35.5. The number of alkyl halides is 3. The molecule has 1 amide bonds. The van der Waals surface area contributed by atoms with Crippen molar-refractivity contribution in [3.63, 3.8) is 0 Å². The first-order valence-electron chi connectivity index (χ1n) is 12.9. The Kier molecular flexibility index (Phi) is 8.26. The van der Waals surface area contributed by atoms with E-state index >= 15 is 0 Å². The van der Waals surface area contributed by atoms with Crippen LogP contribution in [0.1, 0.15) is 63.4 Å². The number of hydrogen-bond acceptors (Lipinski definition) is 6. The van der Waals surface area contributed by atoms with E-state index in [2.05, 4.69) is 45.4 Å². The highest BCUT2D eigenvalue weighted by Crippen LogP contribution is 2.46. The Morgan fingerprint density at radius 1 is 1.18 bits per heavy atom. The van der Waals surface area contributed by atoms with Gasteiger partial charge < -0.3 is 24.7 Å². The van der Waals surface area contributed by atoms with Crippen molar-refractivity contribution in [3.8, 4) is 5.75 Å². The van der Waals surface area contributed by atoms with Crippen molar-refractivity contribution < 1.29 is 32.2 Å². The monoisotopic (exact) mass is 580 g/mol. The number of nitrogens with one attached hydrogen (secondary N) is 2. The second kappa shape index (κ2) is 11.2. The van der Waals surface area contributed by atoms with Gasteiger partial charge in [-0.1, -0.05) is 32.4 Å². The molecule has 0 bridgehead atoms. The van der Waals surface area contributed by atoms with Crippen molar-refractivity contribution in [3.05, 3.63) is 47.0 Å². The standard InChI is InChI=1S/C28H32ClF3N4O4/c1-15-10-18(14-27(3,4)13-15)36-23-12-21(29)20(24(37)33-16(2)25(38)39-5)11-22(23)35-26(36)34-17-6-8-19(9-7-17)40-28(30,31)32/h6-9,11-12,15-16,18H,10,13-14H2,1-5H3,(H,33,37)(H,34,35)/t15-,16?,18+/m1/s1. The lowest BCUT2D eigenvalue weighted by molar-refractivity contribution is -0.274. The van der Waals surface area contributed by atoms with Gasteiger partial charge in [-0.3, -0.25) is 4.79 Å². The molecule has 1 heterocycles. The number of nitrogens with zero attached hydrogens (tertiary/aromatic N) is 2. The zero-order valence-corrected chi connectivity index (χ0v) is 23.6. The zero-order chi connectivity index (χ0) is 29.4. The van der Waals surface area contributed by atoms with E-state index in [1.54, 1.807) is 12.1 Å². The predicted octanol–water partition coefficient (Wildman–Crippen LogP) is 7.01. The van der Waals surface area contributed by atoms with Crippen molar-refractivity contribution in [1.82, 2.24) is 14.9 Å². The third-order valence-electron chi connectivity index (χ3n) is 7.00. The number of rotatable bonds is 7. The molecule has 1 fully saturated rings. The van der Waals surface area contributed by atoms with Gasteiger partial charge in [0.05, 0.1) is 28.7 Å². The fourth-order valence-corrected chi connectivity index (χ4v) is 5.86. The van der Waals surface area contributed by atoms with Crippen LogP contribution in [0.25, 0.3) is 11.0 Å². The topological polar surface area (TPSA) is 94.5 Å². The van der Waals surface area contributed by atoms with Gasteiger partial charge in [0, 0.05) is 11.7 Å². The number of fused-ring (bicyclic) bond motifs is 1. The largest absolute Gasteiger partial charge is 0.573 e. The molecule has 2 N–H and O–H groups in total. The van der Waals surface area contributed by atoms with Crippen molar-refractivity contribution in [1.29, 1.82) is 0 Å². The van der Waals surface area contributed by atoms with Crippen LogP contribution in [0.3, 0.4) is 0 Å². The molecule has 216 valence electrons. The molecule has 0 radical (unpaired) electrons. The molecule has 1 aliphatic rings. The molecular formula is C28H32ClF3N4O4. The first-order chi connectivity index (χ1) is 18.7. The number of anilines is 2. The number of esters is 1. The summed E-state index contributed by atoms with van der Waals surface area (Å²) in [6.45, 7) is 8.15. The van der Waals surface area contributed by atoms with Crippen molar-refractivity contribution in [2.45, 2.75) is 65.4 Å². The summed E-state index contributed by atoms with van der Waals surface area (Å²) in [7, 11) is 1.23. The summed E-state index contributed by atoms with van der Waals surface area (Å²) < 4.78 is 48.5. The fraction of sp³-hybridized carbons (Fsp3) is 0.464. The number of carbonyl (C=O) groups excluding carboxylic acids is 2. The van der Waals surface area contributed by atoms with Gasteiger partial charge in [0.2, 0.25) is 5.95 Å². The summed E-state index contributed by atoms with van der Waals surface area (Å²) in [4.78, 5) is 29.5. The van der Waals surface area contributed by atoms with Crippen molar-refractivity contribution in [2.75, 3.05) is 12.4 Å². The molecule has 4 rings (SSSR count). The van der Waals surface area contributed by atoms with Gasteiger partial charge >= 0.3 is 12.3 Å². The van der Waals surface area contributed by atoms with Crippen LogP contribution >= 0.6 is 11.6 Å². The Labute approximate surface area is 235 Å². The van der Waals surface area contributed by atoms with Crippen molar-refractivity contribution in [2.24, 2.45) is 11.3 Å². The lowest BCUT2D eigenvalue weighted by Crippen LogP contribution is -2.39. The van der Waals surface area contributed by atoms with Gasteiger partial charge in [-0.05, 0) is 73.9 Å². The average molecular weight is 581 g/mol. The number of carbonyl (C=O) groups is 2. The van der Waals surface area contributed by atoms with E-state index < -0.39 is 24.3 Å². The van der Waals surface area contributed by atoms with Crippen LogP contribution in [-0.4, -0.2) is 40.9 Å². The highest BCUT2D eigenvalue weighted by Gasteiger charge is 2.35. The summed E-state index contributed by atoms with van der Waals surface area (Å²) in [5.41, 5.74) is 1.92. The van der Waals surface area contributed by atoms with E-state index in [-0.39, 0.29) is 27.8 Å². The molecule has 12 heteroatoms. The van der Waals surface area contributed by atoms with E-state index in [9.17, 15) is 22.8 Å². The number of benzene rings is 2. The number of amides is 1.